The smallest absolute Gasteiger partial charge is 0.180 e. The first-order chi connectivity index (χ1) is 10.3. The SMILES string of the molecule is CC1=N[C@@]2(CO1)COc1c(cccc1-c1cncnc1)C2. The Hall–Kier alpha value is -2.43. The predicted octanol–water partition coefficient (Wildman–Crippen LogP) is 2.27. The lowest BCUT2D eigenvalue weighted by Crippen LogP contribution is -2.41. The molecular formula is C16H15N3O2. The van der Waals surface area contributed by atoms with Crippen molar-refractivity contribution in [1.29, 1.82) is 0 Å². The number of para-hydroxylation sites is 1. The van der Waals surface area contributed by atoms with Crippen LogP contribution in [0.15, 0.2) is 41.9 Å². The topological polar surface area (TPSA) is 56.6 Å². The van der Waals surface area contributed by atoms with Gasteiger partial charge in [-0.05, 0) is 5.56 Å². The van der Waals surface area contributed by atoms with Crippen LogP contribution in [-0.4, -0.2) is 34.6 Å². The second kappa shape index (κ2) is 4.55. The van der Waals surface area contributed by atoms with Gasteiger partial charge < -0.3 is 9.47 Å². The number of ether oxygens (including phenoxy) is 2. The summed E-state index contributed by atoms with van der Waals surface area (Å²) >= 11 is 0. The van der Waals surface area contributed by atoms with E-state index in [1.807, 2.05) is 19.1 Å². The highest BCUT2D eigenvalue weighted by Gasteiger charge is 2.41. The van der Waals surface area contributed by atoms with E-state index in [1.165, 1.54) is 6.33 Å². The van der Waals surface area contributed by atoms with Crippen molar-refractivity contribution in [1.82, 2.24) is 9.97 Å². The molecule has 0 saturated carbocycles. The minimum atomic E-state index is -0.261. The largest absolute Gasteiger partial charge is 0.490 e. The number of aliphatic imine (C=N–C) groups is 1. The Morgan fingerprint density at radius 3 is 2.67 bits per heavy atom. The van der Waals surface area contributed by atoms with Gasteiger partial charge in [-0.1, -0.05) is 18.2 Å². The van der Waals surface area contributed by atoms with E-state index >= 15 is 0 Å². The molecule has 0 fully saturated rings. The second-order valence-electron chi connectivity index (χ2n) is 5.53. The summed E-state index contributed by atoms with van der Waals surface area (Å²) in [6.45, 7) is 3.03. The molecule has 1 aromatic carbocycles. The van der Waals surface area contributed by atoms with Crippen LogP contribution in [0.3, 0.4) is 0 Å². The van der Waals surface area contributed by atoms with Gasteiger partial charge in [0, 0.05) is 36.9 Å². The summed E-state index contributed by atoms with van der Waals surface area (Å²) < 4.78 is 11.6. The minimum absolute atomic E-state index is 0.261. The summed E-state index contributed by atoms with van der Waals surface area (Å²) in [6, 6.07) is 6.16. The fraction of sp³-hybridized carbons (Fsp3) is 0.312. The molecule has 2 aliphatic rings. The van der Waals surface area contributed by atoms with E-state index < -0.39 is 0 Å². The van der Waals surface area contributed by atoms with Crippen LogP contribution in [0.1, 0.15) is 12.5 Å². The van der Waals surface area contributed by atoms with Gasteiger partial charge in [0.05, 0.1) is 0 Å². The molecule has 0 saturated heterocycles. The predicted molar refractivity (Wildman–Crippen MR) is 78.5 cm³/mol. The molecule has 0 bridgehead atoms. The van der Waals surface area contributed by atoms with Crippen molar-refractivity contribution in [3.05, 3.63) is 42.5 Å². The molecule has 4 rings (SSSR count). The van der Waals surface area contributed by atoms with Crippen LogP contribution in [0.25, 0.3) is 11.1 Å². The Morgan fingerprint density at radius 2 is 1.90 bits per heavy atom. The highest BCUT2D eigenvalue weighted by molar-refractivity contribution is 5.76. The standard InChI is InChI=1S/C16H15N3O2/c1-11-19-16(8-20-11)5-12-3-2-4-14(15(12)21-9-16)13-6-17-10-18-7-13/h2-4,6-7,10H,5,8-9H2,1H3/t16-/m0/s1. The second-order valence-corrected chi connectivity index (χ2v) is 5.53. The van der Waals surface area contributed by atoms with Gasteiger partial charge in [0.15, 0.2) is 5.90 Å². The normalized spacial score (nSPS) is 23.2. The van der Waals surface area contributed by atoms with Crippen LogP contribution >= 0.6 is 0 Å². The molecule has 21 heavy (non-hydrogen) atoms. The lowest BCUT2D eigenvalue weighted by molar-refractivity contribution is 0.153. The Morgan fingerprint density at radius 1 is 1.10 bits per heavy atom. The number of aromatic nitrogens is 2. The molecule has 0 N–H and O–H groups in total. The molecular weight excluding hydrogens is 266 g/mol. The monoisotopic (exact) mass is 281 g/mol. The zero-order chi connectivity index (χ0) is 14.3. The van der Waals surface area contributed by atoms with Crippen LogP contribution in [0.4, 0.5) is 0 Å². The molecule has 0 amide bonds. The zero-order valence-corrected chi connectivity index (χ0v) is 11.7. The van der Waals surface area contributed by atoms with Crippen LogP contribution in [0.5, 0.6) is 5.75 Å². The van der Waals surface area contributed by atoms with Crippen LogP contribution in [0, 0.1) is 0 Å². The zero-order valence-electron chi connectivity index (χ0n) is 11.7. The molecule has 0 aliphatic carbocycles. The van der Waals surface area contributed by atoms with Gasteiger partial charge in [-0.15, -0.1) is 0 Å². The molecule has 2 aromatic rings. The van der Waals surface area contributed by atoms with E-state index in [4.69, 9.17) is 9.47 Å². The van der Waals surface area contributed by atoms with Gasteiger partial charge in [0.1, 0.15) is 30.8 Å². The molecule has 1 atom stereocenters. The number of hydrogen-bond acceptors (Lipinski definition) is 5. The van der Waals surface area contributed by atoms with Crippen LogP contribution in [-0.2, 0) is 11.2 Å². The number of benzene rings is 1. The van der Waals surface area contributed by atoms with E-state index in [0.717, 1.165) is 34.8 Å². The van der Waals surface area contributed by atoms with E-state index in [0.29, 0.717) is 13.2 Å². The van der Waals surface area contributed by atoms with Gasteiger partial charge in [0.25, 0.3) is 0 Å². The van der Waals surface area contributed by atoms with E-state index in [-0.39, 0.29) is 5.54 Å². The van der Waals surface area contributed by atoms with Gasteiger partial charge in [-0.2, -0.15) is 0 Å². The third kappa shape index (κ3) is 2.05. The van der Waals surface area contributed by atoms with Gasteiger partial charge >= 0.3 is 0 Å². The van der Waals surface area contributed by atoms with E-state index in [1.54, 1.807) is 12.4 Å². The Balaban J connectivity index is 1.75. The average Bonchev–Trinajstić information content (AvgIpc) is 2.88. The molecule has 0 unspecified atom stereocenters. The highest BCUT2D eigenvalue weighted by atomic mass is 16.5. The molecule has 1 spiro atoms. The Kier molecular flexibility index (Phi) is 2.67. The third-order valence-electron chi connectivity index (χ3n) is 3.92. The van der Waals surface area contributed by atoms with Crippen molar-refractivity contribution in [2.24, 2.45) is 4.99 Å². The summed E-state index contributed by atoms with van der Waals surface area (Å²) in [5.74, 6) is 1.66. The molecule has 1 aromatic heterocycles. The summed E-state index contributed by atoms with van der Waals surface area (Å²) in [6.07, 6.45) is 5.97. The van der Waals surface area contributed by atoms with Crippen molar-refractivity contribution in [2.45, 2.75) is 18.9 Å². The number of rotatable bonds is 1. The lowest BCUT2D eigenvalue weighted by Gasteiger charge is -2.31. The quantitative estimate of drug-likeness (QED) is 0.804. The van der Waals surface area contributed by atoms with Crippen molar-refractivity contribution >= 4 is 5.90 Å². The Bertz CT molecular complexity index is 715. The maximum absolute atomic E-state index is 6.05. The van der Waals surface area contributed by atoms with Gasteiger partial charge in [-0.3, -0.25) is 0 Å². The molecule has 3 heterocycles. The third-order valence-corrected chi connectivity index (χ3v) is 3.92. The fourth-order valence-corrected chi connectivity index (χ4v) is 2.97. The summed E-state index contributed by atoms with van der Waals surface area (Å²) in [4.78, 5) is 12.8. The molecule has 0 radical (unpaired) electrons. The number of hydrogen-bond donors (Lipinski definition) is 0. The van der Waals surface area contributed by atoms with Crippen molar-refractivity contribution < 1.29 is 9.47 Å². The number of fused-ring (bicyclic) bond motifs is 1. The highest BCUT2D eigenvalue weighted by Crippen LogP contribution is 2.40. The maximum atomic E-state index is 6.05. The first-order valence-corrected chi connectivity index (χ1v) is 6.95. The molecule has 106 valence electrons. The molecule has 2 aliphatic heterocycles. The van der Waals surface area contributed by atoms with Gasteiger partial charge in [0.2, 0.25) is 0 Å². The Labute approximate surface area is 122 Å². The van der Waals surface area contributed by atoms with E-state index in [2.05, 4.69) is 21.0 Å². The molecule has 5 nitrogen and oxygen atoms in total. The van der Waals surface area contributed by atoms with Crippen LogP contribution < -0.4 is 4.74 Å². The summed E-state index contributed by atoms with van der Waals surface area (Å²) in [5, 5.41) is 0. The average molecular weight is 281 g/mol. The summed E-state index contributed by atoms with van der Waals surface area (Å²) in [7, 11) is 0. The van der Waals surface area contributed by atoms with Crippen molar-refractivity contribution in [3.63, 3.8) is 0 Å². The number of nitrogens with zero attached hydrogens (tertiary/aromatic N) is 3. The van der Waals surface area contributed by atoms with Gasteiger partial charge in [-0.25, -0.2) is 15.0 Å². The fourth-order valence-electron chi connectivity index (χ4n) is 2.97. The minimum Gasteiger partial charge on any atom is -0.490 e. The molecule has 5 heteroatoms. The van der Waals surface area contributed by atoms with E-state index in [9.17, 15) is 0 Å². The van der Waals surface area contributed by atoms with Crippen molar-refractivity contribution in [2.75, 3.05) is 13.2 Å². The summed E-state index contributed by atoms with van der Waals surface area (Å²) in [5.41, 5.74) is 2.89. The van der Waals surface area contributed by atoms with Crippen molar-refractivity contribution in [3.8, 4) is 16.9 Å². The lowest BCUT2D eigenvalue weighted by atomic mass is 9.88. The first kappa shape index (κ1) is 12.3. The maximum Gasteiger partial charge on any atom is 0.180 e. The first-order valence-electron chi connectivity index (χ1n) is 6.95. The van der Waals surface area contributed by atoms with Crippen LogP contribution in [0.2, 0.25) is 0 Å².